The van der Waals surface area contributed by atoms with E-state index in [0.29, 0.717) is 13.2 Å². The van der Waals surface area contributed by atoms with Gasteiger partial charge >= 0.3 is 0 Å². The van der Waals surface area contributed by atoms with Crippen LogP contribution in [0.1, 0.15) is 24.0 Å². The quantitative estimate of drug-likeness (QED) is 0.460. The highest BCUT2D eigenvalue weighted by Gasteiger charge is 2.23. The van der Waals surface area contributed by atoms with E-state index in [1.165, 1.54) is 0 Å². The van der Waals surface area contributed by atoms with Crippen molar-refractivity contribution >= 4 is 17.6 Å². The minimum absolute atomic E-state index is 0.0774. The molecule has 2 aromatic carbocycles. The first-order valence-corrected chi connectivity index (χ1v) is 10.3. The lowest BCUT2D eigenvalue weighted by Crippen LogP contribution is -2.37. The van der Waals surface area contributed by atoms with Crippen molar-refractivity contribution in [3.05, 3.63) is 59.7 Å². The van der Waals surface area contributed by atoms with Crippen molar-refractivity contribution in [1.29, 1.82) is 0 Å². The van der Waals surface area contributed by atoms with Gasteiger partial charge in [0.15, 0.2) is 5.96 Å². The number of guanidine groups is 1. The lowest BCUT2D eigenvalue weighted by atomic mass is 10.1. The summed E-state index contributed by atoms with van der Waals surface area (Å²) in [6, 6.07) is 15.8. The number of carbonyl (C=O) groups excluding carboxylic acids is 1. The molecular weight excluding hydrogens is 380 g/mol. The van der Waals surface area contributed by atoms with Gasteiger partial charge in [0, 0.05) is 32.4 Å². The molecule has 1 unspecified atom stereocenters. The molecule has 1 fully saturated rings. The fourth-order valence-corrected chi connectivity index (χ4v) is 3.40. The van der Waals surface area contributed by atoms with Crippen LogP contribution in [0.4, 0.5) is 5.69 Å². The second-order valence-corrected chi connectivity index (χ2v) is 7.11. The lowest BCUT2D eigenvalue weighted by molar-refractivity contribution is -0.124. The van der Waals surface area contributed by atoms with Crippen molar-refractivity contribution < 1.29 is 14.3 Å². The first kappa shape index (κ1) is 21.6. The van der Waals surface area contributed by atoms with Gasteiger partial charge in [0.25, 0.3) is 5.91 Å². The van der Waals surface area contributed by atoms with Crippen LogP contribution in [0.15, 0.2) is 53.5 Å². The number of hydrogen-bond donors (Lipinski definition) is 3. The van der Waals surface area contributed by atoms with Crippen molar-refractivity contribution in [2.45, 2.75) is 31.9 Å². The van der Waals surface area contributed by atoms with Crippen molar-refractivity contribution in [3.8, 4) is 5.75 Å². The van der Waals surface area contributed by atoms with Gasteiger partial charge in [-0.15, -0.1) is 0 Å². The maximum atomic E-state index is 12.2. The second kappa shape index (κ2) is 11.2. The SMILES string of the molecule is CN=C(NCCc1ccccc1OC)NCc1cccc(NC(=O)C2CCCO2)c1. The summed E-state index contributed by atoms with van der Waals surface area (Å²) in [4.78, 5) is 16.5. The van der Waals surface area contributed by atoms with Crippen LogP contribution in [-0.2, 0) is 22.5 Å². The average molecular weight is 411 g/mol. The van der Waals surface area contributed by atoms with Crippen LogP contribution in [0.25, 0.3) is 0 Å². The number of ether oxygens (including phenoxy) is 2. The number of methoxy groups -OCH3 is 1. The molecule has 7 nitrogen and oxygen atoms in total. The largest absolute Gasteiger partial charge is 0.496 e. The van der Waals surface area contributed by atoms with E-state index in [9.17, 15) is 4.79 Å². The van der Waals surface area contributed by atoms with Crippen LogP contribution >= 0.6 is 0 Å². The monoisotopic (exact) mass is 410 g/mol. The van der Waals surface area contributed by atoms with E-state index in [0.717, 1.165) is 54.3 Å². The summed E-state index contributed by atoms with van der Waals surface area (Å²) in [6.45, 7) is 1.99. The van der Waals surface area contributed by atoms with Crippen LogP contribution in [-0.4, -0.2) is 45.3 Å². The Morgan fingerprint density at radius 2 is 2.07 bits per heavy atom. The summed E-state index contributed by atoms with van der Waals surface area (Å²) >= 11 is 0. The second-order valence-electron chi connectivity index (χ2n) is 7.11. The normalized spacial score (nSPS) is 16.2. The van der Waals surface area contributed by atoms with E-state index in [4.69, 9.17) is 9.47 Å². The minimum atomic E-state index is -0.335. The summed E-state index contributed by atoms with van der Waals surface area (Å²) in [6.07, 6.45) is 2.21. The van der Waals surface area contributed by atoms with Gasteiger partial charge in [0.2, 0.25) is 0 Å². The Balaban J connectivity index is 1.47. The van der Waals surface area contributed by atoms with Gasteiger partial charge < -0.3 is 25.4 Å². The average Bonchev–Trinajstić information content (AvgIpc) is 3.32. The van der Waals surface area contributed by atoms with Gasteiger partial charge in [-0.1, -0.05) is 30.3 Å². The standard InChI is InChI=1S/C23H30N4O3/c1-24-23(25-13-12-18-8-3-4-10-20(18)29-2)26-16-17-7-5-9-19(15-17)27-22(28)21-11-6-14-30-21/h3-5,7-10,15,21H,6,11-14,16H2,1-2H3,(H,27,28)(H2,24,25,26). The van der Waals surface area contributed by atoms with Crippen LogP contribution in [0.5, 0.6) is 5.75 Å². The van der Waals surface area contributed by atoms with Crippen LogP contribution in [0.3, 0.4) is 0 Å². The number of nitrogens with one attached hydrogen (secondary N) is 3. The molecule has 3 rings (SSSR count). The number of rotatable bonds is 8. The first-order chi connectivity index (χ1) is 14.7. The molecule has 0 aliphatic carbocycles. The smallest absolute Gasteiger partial charge is 0.253 e. The molecule has 0 radical (unpaired) electrons. The molecule has 0 bridgehead atoms. The maximum Gasteiger partial charge on any atom is 0.253 e. The van der Waals surface area contributed by atoms with E-state index in [1.54, 1.807) is 14.2 Å². The van der Waals surface area contributed by atoms with Gasteiger partial charge in [-0.2, -0.15) is 0 Å². The van der Waals surface area contributed by atoms with Crippen LogP contribution in [0.2, 0.25) is 0 Å². The van der Waals surface area contributed by atoms with Gasteiger partial charge in [0.1, 0.15) is 11.9 Å². The van der Waals surface area contributed by atoms with Crippen molar-refractivity contribution in [2.75, 3.05) is 32.6 Å². The molecule has 0 aromatic heterocycles. The van der Waals surface area contributed by atoms with Gasteiger partial charge in [-0.25, -0.2) is 0 Å². The molecule has 1 amide bonds. The minimum Gasteiger partial charge on any atom is -0.496 e. The summed E-state index contributed by atoms with van der Waals surface area (Å²) < 4.78 is 10.8. The molecule has 1 atom stereocenters. The fourth-order valence-electron chi connectivity index (χ4n) is 3.40. The number of aliphatic imine (C=N–C) groups is 1. The Hall–Kier alpha value is -3.06. The zero-order chi connectivity index (χ0) is 21.2. The molecular formula is C23H30N4O3. The lowest BCUT2D eigenvalue weighted by Gasteiger charge is -2.14. The zero-order valence-electron chi connectivity index (χ0n) is 17.6. The summed E-state index contributed by atoms with van der Waals surface area (Å²) in [5.41, 5.74) is 2.97. The highest BCUT2D eigenvalue weighted by Crippen LogP contribution is 2.17. The fraction of sp³-hybridized carbons (Fsp3) is 0.391. The Bertz CT molecular complexity index is 863. The van der Waals surface area contributed by atoms with Gasteiger partial charge in [-0.3, -0.25) is 9.79 Å². The summed E-state index contributed by atoms with van der Waals surface area (Å²) in [5.74, 6) is 1.54. The number of carbonyl (C=O) groups is 1. The number of hydrogen-bond acceptors (Lipinski definition) is 4. The Morgan fingerprint density at radius 3 is 2.83 bits per heavy atom. The third kappa shape index (κ3) is 6.22. The number of amides is 1. The highest BCUT2D eigenvalue weighted by atomic mass is 16.5. The van der Waals surface area contributed by atoms with Crippen LogP contribution < -0.4 is 20.7 Å². The molecule has 30 heavy (non-hydrogen) atoms. The van der Waals surface area contributed by atoms with Crippen LogP contribution in [0, 0.1) is 0 Å². The topological polar surface area (TPSA) is 84.0 Å². The first-order valence-electron chi connectivity index (χ1n) is 10.3. The number of nitrogens with zero attached hydrogens (tertiary/aromatic N) is 1. The molecule has 1 saturated heterocycles. The third-order valence-electron chi connectivity index (χ3n) is 4.98. The Morgan fingerprint density at radius 1 is 1.20 bits per heavy atom. The van der Waals surface area contributed by atoms with Crippen molar-refractivity contribution in [1.82, 2.24) is 10.6 Å². The molecule has 0 saturated carbocycles. The van der Waals surface area contributed by atoms with E-state index in [-0.39, 0.29) is 12.0 Å². The predicted octanol–water partition coefficient (Wildman–Crippen LogP) is 2.72. The molecule has 1 aliphatic heterocycles. The summed E-state index contributed by atoms with van der Waals surface area (Å²) in [7, 11) is 3.43. The Kier molecular flexibility index (Phi) is 8.09. The third-order valence-corrected chi connectivity index (χ3v) is 4.98. The summed E-state index contributed by atoms with van der Waals surface area (Å²) in [5, 5.41) is 9.57. The van der Waals surface area contributed by atoms with Crippen molar-refractivity contribution in [2.24, 2.45) is 4.99 Å². The Labute approximate surface area is 177 Å². The van der Waals surface area contributed by atoms with E-state index in [1.807, 2.05) is 42.5 Å². The van der Waals surface area contributed by atoms with Gasteiger partial charge in [0.05, 0.1) is 7.11 Å². The van der Waals surface area contributed by atoms with Gasteiger partial charge in [-0.05, 0) is 48.6 Å². The van der Waals surface area contributed by atoms with E-state index in [2.05, 4.69) is 27.0 Å². The molecule has 3 N–H and O–H groups in total. The molecule has 0 spiro atoms. The number of benzene rings is 2. The van der Waals surface area contributed by atoms with E-state index < -0.39 is 0 Å². The molecule has 1 heterocycles. The molecule has 160 valence electrons. The van der Waals surface area contributed by atoms with Crippen molar-refractivity contribution in [3.63, 3.8) is 0 Å². The predicted molar refractivity (Wildman–Crippen MR) is 119 cm³/mol. The number of anilines is 1. The highest BCUT2D eigenvalue weighted by molar-refractivity contribution is 5.94. The molecule has 7 heteroatoms. The molecule has 2 aromatic rings. The maximum absolute atomic E-state index is 12.2. The van der Waals surface area contributed by atoms with E-state index >= 15 is 0 Å². The molecule has 1 aliphatic rings. The number of para-hydroxylation sites is 1. The zero-order valence-corrected chi connectivity index (χ0v) is 17.6.